The Labute approximate surface area is 209 Å². The third-order valence-electron chi connectivity index (χ3n) is 6.19. The summed E-state index contributed by atoms with van der Waals surface area (Å²) in [6, 6.07) is 14.0. The lowest BCUT2D eigenvalue weighted by atomic mass is 10.2. The molecule has 9 nitrogen and oxygen atoms in total. The summed E-state index contributed by atoms with van der Waals surface area (Å²) in [6.45, 7) is 6.08. The Morgan fingerprint density at radius 2 is 1.74 bits per heavy atom. The van der Waals surface area contributed by atoms with Crippen LogP contribution < -0.4 is 15.1 Å². The minimum atomic E-state index is 0.0214. The number of carbonyl (C=O) groups is 1. The van der Waals surface area contributed by atoms with Crippen LogP contribution in [0.3, 0.4) is 0 Å². The van der Waals surface area contributed by atoms with Gasteiger partial charge in [0, 0.05) is 69.1 Å². The number of nitrogens with one attached hydrogen (secondary N) is 1. The molecule has 0 radical (unpaired) electrons. The molecule has 0 atom stereocenters. The number of carbonyl (C=O) groups excluding carboxylic acids is 1. The van der Waals surface area contributed by atoms with E-state index in [1.54, 1.807) is 18.5 Å². The molecular formula is C25H29N7O2S. The molecule has 0 bridgehead atoms. The molecule has 2 saturated heterocycles. The fourth-order valence-electron chi connectivity index (χ4n) is 4.27. The van der Waals surface area contributed by atoms with Gasteiger partial charge in [-0.15, -0.1) is 0 Å². The van der Waals surface area contributed by atoms with E-state index in [1.165, 1.54) is 17.4 Å². The zero-order valence-corrected chi connectivity index (χ0v) is 20.6. The number of hydrogen-bond acceptors (Lipinski definition) is 9. The molecule has 182 valence electrons. The number of pyridine rings is 1. The average molecular weight is 492 g/mol. The van der Waals surface area contributed by atoms with Gasteiger partial charge in [-0.3, -0.25) is 9.78 Å². The molecule has 2 aromatic heterocycles. The Hall–Kier alpha value is -3.37. The second-order valence-corrected chi connectivity index (χ2v) is 9.16. The van der Waals surface area contributed by atoms with E-state index >= 15 is 0 Å². The Bertz CT molecular complexity index is 1130. The van der Waals surface area contributed by atoms with E-state index in [0.29, 0.717) is 36.9 Å². The van der Waals surface area contributed by atoms with Crippen LogP contribution in [0.25, 0.3) is 0 Å². The highest BCUT2D eigenvalue weighted by Crippen LogP contribution is 2.26. The molecule has 0 saturated carbocycles. The number of thioether (sulfide) groups is 1. The van der Waals surface area contributed by atoms with Gasteiger partial charge in [-0.05, 0) is 42.7 Å². The number of piperazine rings is 1. The van der Waals surface area contributed by atoms with Gasteiger partial charge in [0.1, 0.15) is 11.6 Å². The largest absolute Gasteiger partial charge is 0.378 e. The number of rotatable bonds is 6. The topological polar surface area (TPSA) is 86.7 Å². The first-order chi connectivity index (χ1) is 17.2. The molecule has 35 heavy (non-hydrogen) atoms. The molecule has 3 aromatic rings. The summed E-state index contributed by atoms with van der Waals surface area (Å²) in [4.78, 5) is 32.6. The lowest BCUT2D eigenvalue weighted by Gasteiger charge is -2.35. The van der Waals surface area contributed by atoms with Crippen molar-refractivity contribution in [3.63, 3.8) is 0 Å². The van der Waals surface area contributed by atoms with Gasteiger partial charge in [0.15, 0.2) is 5.16 Å². The zero-order chi connectivity index (χ0) is 24.0. The third kappa shape index (κ3) is 5.66. The van der Waals surface area contributed by atoms with Gasteiger partial charge in [-0.1, -0.05) is 11.8 Å². The highest BCUT2D eigenvalue weighted by molar-refractivity contribution is 7.98. The first-order valence-electron chi connectivity index (χ1n) is 11.8. The summed E-state index contributed by atoms with van der Waals surface area (Å²) in [7, 11) is 0. The van der Waals surface area contributed by atoms with Gasteiger partial charge in [0.05, 0.1) is 18.8 Å². The number of anilines is 4. The summed E-state index contributed by atoms with van der Waals surface area (Å²) >= 11 is 1.52. The van der Waals surface area contributed by atoms with Crippen LogP contribution in [0.15, 0.2) is 60.0 Å². The van der Waals surface area contributed by atoms with Crippen molar-refractivity contribution in [1.29, 1.82) is 0 Å². The molecule has 0 unspecified atom stereocenters. The van der Waals surface area contributed by atoms with Crippen molar-refractivity contribution in [2.45, 2.75) is 5.16 Å². The number of benzene rings is 1. The maximum Gasteiger partial charge on any atom is 0.255 e. The second kappa shape index (κ2) is 10.9. The van der Waals surface area contributed by atoms with Crippen molar-refractivity contribution in [1.82, 2.24) is 19.9 Å². The fourth-order valence-corrected chi connectivity index (χ4v) is 4.64. The molecular weight excluding hydrogens is 462 g/mol. The van der Waals surface area contributed by atoms with Crippen molar-refractivity contribution < 1.29 is 9.53 Å². The summed E-state index contributed by atoms with van der Waals surface area (Å²) in [5.74, 6) is 1.64. The van der Waals surface area contributed by atoms with Crippen molar-refractivity contribution in [3.05, 3.63) is 60.4 Å². The van der Waals surface area contributed by atoms with Crippen LogP contribution in [0.5, 0.6) is 0 Å². The highest BCUT2D eigenvalue weighted by atomic mass is 32.2. The van der Waals surface area contributed by atoms with Crippen LogP contribution in [0, 0.1) is 0 Å². The molecule has 0 spiro atoms. The van der Waals surface area contributed by atoms with Crippen LogP contribution in [0.1, 0.15) is 10.4 Å². The number of aromatic nitrogens is 3. The molecule has 1 N–H and O–H groups in total. The minimum Gasteiger partial charge on any atom is -0.378 e. The van der Waals surface area contributed by atoms with Crippen LogP contribution in [-0.2, 0) is 4.74 Å². The maximum atomic E-state index is 12.7. The molecule has 1 aromatic carbocycles. The predicted octanol–water partition coefficient (Wildman–Crippen LogP) is 3.14. The lowest BCUT2D eigenvalue weighted by Crippen LogP contribution is -2.49. The molecule has 1 amide bonds. The van der Waals surface area contributed by atoms with Gasteiger partial charge >= 0.3 is 0 Å². The summed E-state index contributed by atoms with van der Waals surface area (Å²) in [6.07, 6.45) is 5.27. The van der Waals surface area contributed by atoms with Crippen molar-refractivity contribution in [2.24, 2.45) is 0 Å². The molecule has 2 aliphatic rings. The number of amides is 1. The van der Waals surface area contributed by atoms with E-state index in [0.717, 1.165) is 43.6 Å². The van der Waals surface area contributed by atoms with Gasteiger partial charge in [0.25, 0.3) is 5.91 Å². The minimum absolute atomic E-state index is 0.0214. The zero-order valence-electron chi connectivity index (χ0n) is 19.8. The smallest absolute Gasteiger partial charge is 0.255 e. The fraction of sp³-hybridized carbons (Fsp3) is 0.360. The second-order valence-electron chi connectivity index (χ2n) is 8.39. The Morgan fingerprint density at radius 1 is 0.971 bits per heavy atom. The average Bonchev–Trinajstić information content (AvgIpc) is 2.94. The first-order valence-corrected chi connectivity index (χ1v) is 13.0. The number of ether oxygens (including phenoxy) is 1. The van der Waals surface area contributed by atoms with E-state index in [-0.39, 0.29) is 5.91 Å². The molecule has 2 aliphatic heterocycles. The molecule has 2 fully saturated rings. The van der Waals surface area contributed by atoms with Gasteiger partial charge in [0.2, 0.25) is 0 Å². The van der Waals surface area contributed by atoms with Crippen LogP contribution in [0.4, 0.5) is 23.0 Å². The monoisotopic (exact) mass is 491 g/mol. The van der Waals surface area contributed by atoms with Crippen LogP contribution >= 0.6 is 11.8 Å². The summed E-state index contributed by atoms with van der Waals surface area (Å²) < 4.78 is 5.45. The molecule has 0 aliphatic carbocycles. The molecule has 4 heterocycles. The third-order valence-corrected chi connectivity index (χ3v) is 6.74. The Morgan fingerprint density at radius 3 is 2.43 bits per heavy atom. The van der Waals surface area contributed by atoms with E-state index in [9.17, 15) is 4.79 Å². The normalized spacial score (nSPS) is 16.3. The number of hydrogen-bond donors (Lipinski definition) is 1. The summed E-state index contributed by atoms with van der Waals surface area (Å²) in [5.41, 5.74) is 2.80. The van der Waals surface area contributed by atoms with Crippen molar-refractivity contribution in [2.75, 3.05) is 73.9 Å². The van der Waals surface area contributed by atoms with Gasteiger partial charge < -0.3 is 24.8 Å². The van der Waals surface area contributed by atoms with E-state index in [4.69, 9.17) is 9.72 Å². The van der Waals surface area contributed by atoms with Crippen LogP contribution in [0.2, 0.25) is 0 Å². The van der Waals surface area contributed by atoms with E-state index < -0.39 is 0 Å². The van der Waals surface area contributed by atoms with Crippen LogP contribution in [-0.4, -0.2) is 84.5 Å². The highest BCUT2D eigenvalue weighted by Gasteiger charge is 2.23. The number of nitrogens with zero attached hydrogens (tertiary/aromatic N) is 6. The Kier molecular flexibility index (Phi) is 7.29. The van der Waals surface area contributed by atoms with E-state index in [1.807, 2.05) is 23.3 Å². The number of morpholine rings is 1. The molecule has 5 rings (SSSR count). The summed E-state index contributed by atoms with van der Waals surface area (Å²) in [5, 5.41) is 4.14. The quantitative estimate of drug-likeness (QED) is 0.413. The maximum absolute atomic E-state index is 12.7. The van der Waals surface area contributed by atoms with E-state index in [2.05, 4.69) is 49.4 Å². The first kappa shape index (κ1) is 23.4. The van der Waals surface area contributed by atoms with Gasteiger partial charge in [-0.2, -0.15) is 0 Å². The van der Waals surface area contributed by atoms with Crippen molar-refractivity contribution in [3.8, 4) is 0 Å². The van der Waals surface area contributed by atoms with Gasteiger partial charge in [-0.25, -0.2) is 9.97 Å². The molecule has 10 heteroatoms. The predicted molar refractivity (Wildman–Crippen MR) is 139 cm³/mol. The SMILES string of the molecule is CSc1nc(Nc2ccc(N3CCOCC3)cc2)cc(N2CCN(C(=O)c3cccnc3)CC2)n1. The van der Waals surface area contributed by atoms with Crippen molar-refractivity contribution >= 4 is 40.7 Å². The Balaban J connectivity index is 1.25. The lowest BCUT2D eigenvalue weighted by molar-refractivity contribution is 0.0746. The standard InChI is InChI=1S/C25H29N7O2S/c1-35-25-28-22(27-20-4-6-21(7-5-20)30-13-15-34-16-14-30)17-23(29-25)31-9-11-32(12-10-31)24(33)19-3-2-8-26-18-19/h2-8,17-18H,9-16H2,1H3,(H,27,28,29).